The first-order valence-electron chi connectivity index (χ1n) is 47.3. The van der Waals surface area contributed by atoms with Crippen LogP contribution in [0.5, 0.6) is 11.5 Å². The summed E-state index contributed by atoms with van der Waals surface area (Å²) < 4.78 is 0. The number of nitrogens with zero attached hydrogens (tertiary/aromatic N) is 1. The molecule has 27 N–H and O–H groups in total. The Hall–Kier alpha value is -15.8. The molecule has 17 amide bonds. The number of aromatic hydroxyl groups is 2. The van der Waals surface area contributed by atoms with Crippen LogP contribution in [0.1, 0.15) is 124 Å². The summed E-state index contributed by atoms with van der Waals surface area (Å²) in [5.74, 6) is -15.2. The number of primary amides is 1. The fourth-order valence-corrected chi connectivity index (χ4v) is 17.1. The van der Waals surface area contributed by atoms with Crippen molar-refractivity contribution < 1.29 is 102 Å². The van der Waals surface area contributed by atoms with Gasteiger partial charge in [-0.2, -0.15) is 0 Å². The average molecular weight is 1960 g/mol. The number of unbranched alkanes of at least 4 members (excludes halogenated alkanes) is 1. The molecule has 6 aromatic carbocycles. The first-order valence-corrected chi connectivity index (χ1v) is 47.3. The Labute approximate surface area is 817 Å². The first-order chi connectivity index (χ1) is 68.1. The molecule has 3 aliphatic rings. The van der Waals surface area contributed by atoms with Crippen molar-refractivity contribution in [2.75, 3.05) is 39.4 Å². The minimum absolute atomic E-state index is 0.0386. The second-order valence-corrected chi connectivity index (χ2v) is 35.9. The molecule has 5 heterocycles. The van der Waals surface area contributed by atoms with E-state index in [2.05, 4.69) is 95.0 Å². The molecule has 0 aliphatic carbocycles. The predicted molar refractivity (Wildman–Crippen MR) is 518 cm³/mol. The number of phenolic OH excluding ortho intramolecular Hbond substituents is 2. The van der Waals surface area contributed by atoms with Gasteiger partial charge in [-0.3, -0.25) is 86.9 Å². The van der Waals surface area contributed by atoms with E-state index in [0.717, 1.165) is 0 Å². The maximum Gasteiger partial charge on any atom is 0.245 e. The van der Waals surface area contributed by atoms with E-state index in [1.54, 1.807) is 135 Å². The van der Waals surface area contributed by atoms with E-state index in [4.69, 9.17) is 16.9 Å². The van der Waals surface area contributed by atoms with Gasteiger partial charge >= 0.3 is 0 Å². The van der Waals surface area contributed by atoms with Gasteiger partial charge in [0.15, 0.2) is 5.96 Å². The monoisotopic (exact) mass is 1960 g/mol. The average Bonchev–Trinajstić information content (AvgIpc) is 1.68. The number of aliphatic hydroxyl groups is 2. The van der Waals surface area contributed by atoms with Crippen molar-refractivity contribution >= 4 is 128 Å². The molecular weight excluding hydrogens is 1830 g/mol. The van der Waals surface area contributed by atoms with Crippen molar-refractivity contribution in [2.45, 2.75) is 214 Å². The number of aromatic amines is 2. The third kappa shape index (κ3) is 31.6. The highest BCUT2D eigenvalue weighted by atomic mass is 16.3. The molecule has 756 valence electrons. The topological polar surface area (TPSA) is 674 Å². The summed E-state index contributed by atoms with van der Waals surface area (Å²) in [7, 11) is 0. The summed E-state index contributed by atoms with van der Waals surface area (Å²) >= 11 is 0. The molecule has 2 aromatic heterocycles. The van der Waals surface area contributed by atoms with Gasteiger partial charge in [-0.1, -0.05) is 135 Å². The number of benzene rings is 6. The van der Waals surface area contributed by atoms with Crippen LogP contribution < -0.4 is 96.5 Å². The number of rotatable bonds is 52. The van der Waals surface area contributed by atoms with E-state index >= 15 is 24.0 Å². The van der Waals surface area contributed by atoms with Gasteiger partial charge in [0.2, 0.25) is 100 Å². The van der Waals surface area contributed by atoms with Gasteiger partial charge in [0, 0.05) is 105 Å². The van der Waals surface area contributed by atoms with Crippen molar-refractivity contribution in [2.24, 2.45) is 17.4 Å². The summed E-state index contributed by atoms with van der Waals surface area (Å²) in [4.78, 5) is 250. The van der Waals surface area contributed by atoms with Gasteiger partial charge in [-0.15, -0.1) is 0 Å². The highest BCUT2D eigenvalue weighted by molar-refractivity contribution is 6.02. The SMILES string of the molecule is CC(C)C[C@H](NC(=O)[C@@H](CCCCNC(=O)[C@H](Cc1ccc(O)cc1)NC(=O)[C@H](CO)NC(=O)[C@@H](Cc1c[nH]c2ccccc12)NC(=O)[C@@H](Cc1ccccc1)NC(=O)[C@@H]1CCC(=O)N1)NC(=O)[C@H](Cc1ccc(O)cc1)NC(=O)[C@H](CO)NC(=O)[C@@H](Cc1c[nH]c2ccccc12)NC(=O)[C@@H](Cc1ccccc1)NC(=O)[C@@H]1CCC(=O)N1)C(=O)N[C@@H](CCCNC(=N)N)C(=O)N1CCC[C@H]1C(=O)NCC(N)=O. The second kappa shape index (κ2) is 52.3. The molecule has 8 aromatic rings. The first kappa shape index (κ1) is 107. The standard InChI is InChI=1S/C99H124N22O21/c1-55(2)43-72(89(133)111-71(26-15-41-104-99(101)102)98(142)121-42-16-27-81(121)97(141)107-52-82(100)126)112-86(130)68(110-90(134)76(47-59-30-34-63(125)35-31-59)116-96(140)80(54-123)120-94(138)78(49-61-51-106-67-24-12-10-22-65(61)67)118-92(136)75(45-57-19-7-4-8-20-57)115-88(132)70-37-39-84(128)109-70)25-13-14-40-103-85(129)73(46-58-28-32-62(124)33-29-58)113-95(139)79(53-122)119-93(137)77(48-60-50-105-66-23-11-9-21-64(60)66)117-91(135)74(44-56-17-5-3-6-18-56)114-87(131)69-36-38-83(127)108-69/h3-12,17-24,28-35,50-51,55,68-81,105-106,122-125H,13-16,25-27,36-49,52-54H2,1-2H3,(H2,100,126)(H,103,129)(H,107,141)(H,108,127)(H,109,128)(H,110,134)(H,111,133)(H,112,130)(H,113,139)(H,114,131)(H,115,132)(H,116,140)(H,117,135)(H,118,136)(H,119,137)(H,120,138)(H4,101,102,104)/t68-,69+,70+,71+,72+,73+,74-,75-,76+,77-,78-,79+,80+,81+/m1/s1. The lowest BCUT2D eigenvalue weighted by Gasteiger charge is -2.31. The Kier molecular flexibility index (Phi) is 39.2. The van der Waals surface area contributed by atoms with Crippen LogP contribution in [-0.4, -0.2) is 266 Å². The number of para-hydroxylation sites is 2. The van der Waals surface area contributed by atoms with Gasteiger partial charge < -0.3 is 132 Å². The second-order valence-electron chi connectivity index (χ2n) is 35.9. The third-order valence-electron chi connectivity index (χ3n) is 24.6. The lowest BCUT2D eigenvalue weighted by Crippen LogP contribution is -2.61. The molecule has 43 nitrogen and oxygen atoms in total. The number of carbonyl (C=O) groups is 17. The maximum absolute atomic E-state index is 15.5. The number of aromatic nitrogens is 2. The summed E-state index contributed by atoms with van der Waals surface area (Å²) in [6.45, 7) is 0.587. The highest BCUT2D eigenvalue weighted by Gasteiger charge is 2.42. The van der Waals surface area contributed by atoms with Crippen LogP contribution in [-0.2, 0) is 120 Å². The zero-order valence-electron chi connectivity index (χ0n) is 78.6. The smallest absolute Gasteiger partial charge is 0.245 e. The summed E-state index contributed by atoms with van der Waals surface area (Å²) in [5.41, 5.74) is 15.2. The van der Waals surface area contributed by atoms with Crippen LogP contribution in [0.2, 0.25) is 0 Å². The molecule has 0 unspecified atom stereocenters. The Morgan fingerprint density at radius 3 is 1.19 bits per heavy atom. The van der Waals surface area contributed by atoms with E-state index in [9.17, 15) is 78.0 Å². The molecule has 142 heavy (non-hydrogen) atoms. The molecule has 0 bridgehead atoms. The van der Waals surface area contributed by atoms with Crippen LogP contribution in [0.3, 0.4) is 0 Å². The Balaban J connectivity index is 0.849. The van der Waals surface area contributed by atoms with Gasteiger partial charge in [-0.05, 0) is 140 Å². The molecule has 43 heteroatoms. The number of hydrogen-bond acceptors (Lipinski definition) is 22. The van der Waals surface area contributed by atoms with E-state index in [0.29, 0.717) is 61.6 Å². The number of phenols is 2. The van der Waals surface area contributed by atoms with Crippen molar-refractivity contribution in [1.82, 2.24) is 99.9 Å². The Bertz CT molecular complexity index is 5810. The molecule has 14 atom stereocenters. The van der Waals surface area contributed by atoms with Crippen LogP contribution in [0.25, 0.3) is 21.8 Å². The van der Waals surface area contributed by atoms with Crippen molar-refractivity contribution in [3.05, 3.63) is 203 Å². The molecule has 0 radical (unpaired) electrons. The zero-order valence-corrected chi connectivity index (χ0v) is 78.6. The minimum atomic E-state index is -1.92. The molecule has 3 fully saturated rings. The largest absolute Gasteiger partial charge is 0.508 e. The molecule has 3 saturated heterocycles. The zero-order chi connectivity index (χ0) is 102. The number of amides is 17. The number of likely N-dealkylation sites (tertiary alicyclic amines) is 1. The molecular formula is C99H124N22O21. The Morgan fingerprint density at radius 2 is 0.761 bits per heavy atom. The lowest BCUT2D eigenvalue weighted by molar-refractivity contribution is -0.142. The van der Waals surface area contributed by atoms with E-state index in [1.807, 2.05) is 0 Å². The van der Waals surface area contributed by atoms with Gasteiger partial charge in [0.25, 0.3) is 0 Å². The summed E-state index contributed by atoms with van der Waals surface area (Å²) in [6.07, 6.45) is 2.31. The van der Waals surface area contributed by atoms with Gasteiger partial charge in [0.1, 0.15) is 96.1 Å². The van der Waals surface area contributed by atoms with Crippen molar-refractivity contribution in [3.63, 3.8) is 0 Å². The van der Waals surface area contributed by atoms with Crippen LogP contribution >= 0.6 is 0 Å². The lowest BCUT2D eigenvalue weighted by atomic mass is 10.00. The van der Waals surface area contributed by atoms with Crippen LogP contribution in [0.4, 0.5) is 0 Å². The van der Waals surface area contributed by atoms with E-state index < -0.39 is 211 Å². The number of H-pyrrole nitrogens is 2. The number of nitrogens with two attached hydrogens (primary N) is 2. The number of guanidine groups is 1. The normalized spacial score (nSPS) is 16.7. The molecule has 0 saturated carbocycles. The number of aliphatic hydroxyl groups excluding tert-OH is 2. The van der Waals surface area contributed by atoms with Crippen molar-refractivity contribution in [3.8, 4) is 11.5 Å². The van der Waals surface area contributed by atoms with Gasteiger partial charge in [0.05, 0.1) is 19.8 Å². The minimum Gasteiger partial charge on any atom is -0.508 e. The third-order valence-corrected chi connectivity index (χ3v) is 24.6. The number of carbonyl (C=O) groups excluding carboxylic acids is 17. The van der Waals surface area contributed by atoms with E-state index in [-0.39, 0.29) is 146 Å². The van der Waals surface area contributed by atoms with Crippen LogP contribution in [0, 0.1) is 11.3 Å². The fourth-order valence-electron chi connectivity index (χ4n) is 17.1. The fraction of sp³-hybridized carbons (Fsp3) is 0.414. The van der Waals surface area contributed by atoms with Crippen LogP contribution in [0.15, 0.2) is 170 Å². The van der Waals surface area contributed by atoms with Gasteiger partial charge in [-0.25, -0.2) is 0 Å². The number of nitrogens with one attached hydrogen (secondary N) is 19. The quantitative estimate of drug-likeness (QED) is 0.0110. The predicted octanol–water partition coefficient (Wildman–Crippen LogP) is -2.12. The number of hydrogen-bond donors (Lipinski definition) is 25. The van der Waals surface area contributed by atoms with E-state index in [1.165, 1.54) is 53.4 Å². The van der Waals surface area contributed by atoms with Crippen molar-refractivity contribution in [1.29, 1.82) is 5.41 Å². The Morgan fingerprint density at radius 1 is 0.394 bits per heavy atom. The molecule has 11 rings (SSSR count). The number of fused-ring (bicyclic) bond motifs is 2. The molecule has 3 aliphatic heterocycles. The summed E-state index contributed by atoms with van der Waals surface area (Å²) in [5, 5.41) is 94.5. The summed E-state index contributed by atoms with van der Waals surface area (Å²) in [6, 6.07) is 22.1. The molecule has 0 spiro atoms. The maximum atomic E-state index is 15.5. The highest BCUT2D eigenvalue weighted by Crippen LogP contribution is 2.26.